The lowest BCUT2D eigenvalue weighted by Crippen LogP contribution is -2.18. The molecule has 2 N–H and O–H groups in total. The van der Waals surface area contributed by atoms with E-state index in [-0.39, 0.29) is 5.91 Å². The van der Waals surface area contributed by atoms with Gasteiger partial charge in [0.05, 0.1) is 12.4 Å². The Balaban J connectivity index is 1.87. The van der Waals surface area contributed by atoms with Crippen molar-refractivity contribution >= 4 is 23.4 Å². The molecule has 0 aromatic heterocycles. The Hall–Kier alpha value is -1.98. The molecule has 0 heterocycles. The summed E-state index contributed by atoms with van der Waals surface area (Å²) in [5, 5.41) is 6.28. The summed E-state index contributed by atoms with van der Waals surface area (Å²) < 4.78 is 5.42. The summed E-state index contributed by atoms with van der Waals surface area (Å²) in [5.74, 6) is 1.23. The molecular weight excluding hydrogens is 320 g/mol. The van der Waals surface area contributed by atoms with Gasteiger partial charge in [-0.15, -0.1) is 11.8 Å². The molecule has 0 atom stereocenters. The molecule has 2 aromatic carbocycles. The van der Waals surface area contributed by atoms with Gasteiger partial charge >= 0.3 is 0 Å². The highest BCUT2D eigenvalue weighted by Crippen LogP contribution is 2.22. The lowest BCUT2D eigenvalue weighted by Gasteiger charge is -2.11. The van der Waals surface area contributed by atoms with Crippen LogP contribution in [0, 0.1) is 0 Å². The molecule has 5 heteroatoms. The summed E-state index contributed by atoms with van der Waals surface area (Å²) in [4.78, 5) is 13.3. The summed E-state index contributed by atoms with van der Waals surface area (Å²) in [6, 6.07) is 15.7. The van der Waals surface area contributed by atoms with Crippen LogP contribution < -0.4 is 15.4 Å². The number of carbonyl (C=O) groups is 1. The fraction of sp³-hybridized carbons (Fsp3) is 0.316. The monoisotopic (exact) mass is 344 g/mol. The minimum atomic E-state index is -0.00201. The maximum absolute atomic E-state index is 12.2. The first-order chi connectivity index (χ1) is 11.7. The zero-order chi connectivity index (χ0) is 17.2. The summed E-state index contributed by atoms with van der Waals surface area (Å²) in [6.07, 6.45) is 0. The van der Waals surface area contributed by atoms with Gasteiger partial charge in [-0.05, 0) is 49.4 Å². The van der Waals surface area contributed by atoms with Crippen molar-refractivity contribution in [1.82, 2.24) is 5.32 Å². The van der Waals surface area contributed by atoms with E-state index in [0.717, 1.165) is 35.0 Å². The third-order valence-corrected chi connectivity index (χ3v) is 4.37. The van der Waals surface area contributed by atoms with Crippen LogP contribution in [-0.2, 0) is 11.3 Å². The number of thioether (sulfide) groups is 1. The Morgan fingerprint density at radius 1 is 1.08 bits per heavy atom. The minimum Gasteiger partial charge on any atom is -0.494 e. The molecule has 0 spiro atoms. The van der Waals surface area contributed by atoms with Crippen LogP contribution in [0.25, 0.3) is 0 Å². The van der Waals surface area contributed by atoms with Crippen LogP contribution in [0.4, 0.5) is 5.69 Å². The Bertz CT molecular complexity index is 644. The molecule has 2 rings (SSSR count). The molecule has 4 nitrogen and oxygen atoms in total. The van der Waals surface area contributed by atoms with Gasteiger partial charge in [0.2, 0.25) is 5.91 Å². The average Bonchev–Trinajstić information content (AvgIpc) is 2.61. The minimum absolute atomic E-state index is 0.00201. The second-order valence-electron chi connectivity index (χ2n) is 5.18. The van der Waals surface area contributed by atoms with E-state index in [1.165, 1.54) is 11.8 Å². The number of hydrogen-bond acceptors (Lipinski definition) is 4. The first-order valence-electron chi connectivity index (χ1n) is 8.17. The summed E-state index contributed by atoms with van der Waals surface area (Å²) in [5.41, 5.74) is 1.97. The normalized spacial score (nSPS) is 10.4. The lowest BCUT2D eigenvalue weighted by atomic mass is 10.1. The molecule has 0 aliphatic heterocycles. The Kier molecular flexibility index (Phi) is 7.65. The van der Waals surface area contributed by atoms with Crippen LogP contribution in [0.1, 0.15) is 19.4 Å². The molecule has 2 aromatic rings. The maximum atomic E-state index is 12.2. The molecule has 0 radical (unpaired) electrons. The van der Waals surface area contributed by atoms with Gasteiger partial charge in [0.1, 0.15) is 5.75 Å². The highest BCUT2D eigenvalue weighted by atomic mass is 32.2. The van der Waals surface area contributed by atoms with Gasteiger partial charge in [0.15, 0.2) is 0 Å². The summed E-state index contributed by atoms with van der Waals surface area (Å²) in [7, 11) is 0. The maximum Gasteiger partial charge on any atom is 0.234 e. The Morgan fingerprint density at radius 3 is 2.54 bits per heavy atom. The van der Waals surface area contributed by atoms with E-state index >= 15 is 0 Å². The number of nitrogens with one attached hydrogen (secondary N) is 2. The van der Waals surface area contributed by atoms with Gasteiger partial charge in [-0.3, -0.25) is 4.79 Å². The Morgan fingerprint density at radius 2 is 1.83 bits per heavy atom. The van der Waals surface area contributed by atoms with Crippen molar-refractivity contribution < 1.29 is 9.53 Å². The molecule has 24 heavy (non-hydrogen) atoms. The average molecular weight is 344 g/mol. The lowest BCUT2D eigenvalue weighted by molar-refractivity contribution is -0.113. The number of rotatable bonds is 9. The number of anilines is 1. The zero-order valence-corrected chi connectivity index (χ0v) is 15.0. The van der Waals surface area contributed by atoms with Crippen molar-refractivity contribution in [3.8, 4) is 5.75 Å². The third kappa shape index (κ3) is 5.91. The number of para-hydroxylation sites is 1. The van der Waals surface area contributed by atoms with Crippen molar-refractivity contribution in [3.63, 3.8) is 0 Å². The standard InChI is InChI=1S/C19H24N2O2S/c1-3-20-13-15-7-5-6-8-18(15)21-19(22)14-24-17-11-9-16(10-12-17)23-4-2/h5-12,20H,3-4,13-14H2,1-2H3,(H,21,22). The second kappa shape index (κ2) is 10.0. The van der Waals surface area contributed by atoms with Crippen molar-refractivity contribution in [3.05, 3.63) is 54.1 Å². The highest BCUT2D eigenvalue weighted by Gasteiger charge is 2.07. The first kappa shape index (κ1) is 18.4. The molecule has 1 amide bonds. The molecule has 0 saturated carbocycles. The van der Waals surface area contributed by atoms with Crippen LogP contribution in [0.5, 0.6) is 5.75 Å². The van der Waals surface area contributed by atoms with E-state index in [4.69, 9.17) is 4.74 Å². The molecule has 0 saturated heterocycles. The van der Waals surface area contributed by atoms with E-state index in [0.29, 0.717) is 12.4 Å². The van der Waals surface area contributed by atoms with Gasteiger partial charge in [-0.1, -0.05) is 25.1 Å². The molecule has 0 unspecified atom stereocenters. The van der Waals surface area contributed by atoms with E-state index < -0.39 is 0 Å². The van der Waals surface area contributed by atoms with Crippen LogP contribution in [-0.4, -0.2) is 24.8 Å². The summed E-state index contributed by atoms with van der Waals surface area (Å²) >= 11 is 1.52. The predicted octanol–water partition coefficient (Wildman–Crippen LogP) is 3.93. The quantitative estimate of drug-likeness (QED) is 0.677. The number of benzene rings is 2. The van der Waals surface area contributed by atoms with Gasteiger partial charge in [-0.2, -0.15) is 0 Å². The van der Waals surface area contributed by atoms with Gasteiger partial charge in [-0.25, -0.2) is 0 Å². The molecule has 0 aliphatic carbocycles. The smallest absolute Gasteiger partial charge is 0.234 e. The molecule has 0 aliphatic rings. The third-order valence-electron chi connectivity index (χ3n) is 3.36. The fourth-order valence-electron chi connectivity index (χ4n) is 2.19. The Labute approximate surface area is 148 Å². The summed E-state index contributed by atoms with van der Waals surface area (Å²) in [6.45, 7) is 6.32. The van der Waals surface area contributed by atoms with Crippen molar-refractivity contribution in [2.24, 2.45) is 0 Å². The molecular formula is C19H24N2O2S. The number of amides is 1. The van der Waals surface area contributed by atoms with E-state index in [2.05, 4.69) is 17.6 Å². The second-order valence-corrected chi connectivity index (χ2v) is 6.23. The topological polar surface area (TPSA) is 50.4 Å². The number of ether oxygens (including phenoxy) is 1. The van der Waals surface area contributed by atoms with Gasteiger partial charge in [0, 0.05) is 17.1 Å². The van der Waals surface area contributed by atoms with E-state index in [1.54, 1.807) is 0 Å². The van der Waals surface area contributed by atoms with E-state index in [1.807, 2.05) is 55.5 Å². The number of hydrogen-bond donors (Lipinski definition) is 2. The molecule has 128 valence electrons. The predicted molar refractivity (Wildman–Crippen MR) is 101 cm³/mol. The highest BCUT2D eigenvalue weighted by molar-refractivity contribution is 8.00. The zero-order valence-electron chi connectivity index (χ0n) is 14.2. The van der Waals surface area contributed by atoms with Crippen molar-refractivity contribution in [2.45, 2.75) is 25.3 Å². The van der Waals surface area contributed by atoms with Gasteiger partial charge in [0.25, 0.3) is 0 Å². The molecule has 0 fully saturated rings. The van der Waals surface area contributed by atoms with E-state index in [9.17, 15) is 4.79 Å². The SMILES string of the molecule is CCNCc1ccccc1NC(=O)CSc1ccc(OCC)cc1. The van der Waals surface area contributed by atoms with Crippen LogP contribution in [0.2, 0.25) is 0 Å². The first-order valence-corrected chi connectivity index (χ1v) is 9.15. The van der Waals surface area contributed by atoms with Crippen LogP contribution in [0.3, 0.4) is 0 Å². The van der Waals surface area contributed by atoms with Crippen molar-refractivity contribution in [2.75, 3.05) is 24.2 Å². The largest absolute Gasteiger partial charge is 0.494 e. The van der Waals surface area contributed by atoms with Crippen molar-refractivity contribution in [1.29, 1.82) is 0 Å². The fourth-order valence-corrected chi connectivity index (χ4v) is 2.89. The van der Waals surface area contributed by atoms with Crippen LogP contribution >= 0.6 is 11.8 Å². The molecule has 0 bridgehead atoms. The number of carbonyl (C=O) groups excluding carboxylic acids is 1. The van der Waals surface area contributed by atoms with Crippen LogP contribution in [0.15, 0.2) is 53.4 Å². The van der Waals surface area contributed by atoms with Gasteiger partial charge < -0.3 is 15.4 Å².